The van der Waals surface area contributed by atoms with E-state index in [1.165, 1.54) is 6.07 Å². The molecular formula is C21H16Cl2N4O3. The minimum Gasteiger partial charge on any atom is -0.504 e. The molecule has 0 radical (unpaired) electrons. The molecule has 2 heterocycles. The van der Waals surface area contributed by atoms with Crippen LogP contribution < -0.4 is 15.2 Å². The van der Waals surface area contributed by atoms with Gasteiger partial charge in [0.05, 0.1) is 33.8 Å². The number of nitrogens with one attached hydrogen (secondary N) is 1. The number of nitrogens with two attached hydrogens (primary N) is 1. The normalized spacial score (nSPS) is 15.3. The molecule has 0 amide bonds. The molecule has 0 spiro atoms. The van der Waals surface area contributed by atoms with Gasteiger partial charge in [-0.05, 0) is 36.8 Å². The summed E-state index contributed by atoms with van der Waals surface area (Å²) < 4.78 is 11.1. The lowest BCUT2D eigenvalue weighted by Gasteiger charge is -2.24. The lowest BCUT2D eigenvalue weighted by molar-refractivity contribution is 0.317. The topological polar surface area (TPSA) is 117 Å². The predicted molar refractivity (Wildman–Crippen MR) is 113 cm³/mol. The maximum absolute atomic E-state index is 10.1. The second-order valence-electron chi connectivity index (χ2n) is 6.53. The van der Waals surface area contributed by atoms with Crippen LogP contribution in [-0.2, 0) is 0 Å². The summed E-state index contributed by atoms with van der Waals surface area (Å²) in [6.07, 6.45) is 0. The van der Waals surface area contributed by atoms with Crippen molar-refractivity contribution >= 4 is 23.2 Å². The third kappa shape index (κ3) is 3.30. The molecule has 152 valence electrons. The number of halogens is 2. The molecule has 7 nitrogen and oxygen atoms in total. The first-order chi connectivity index (χ1) is 14.4. The Morgan fingerprint density at radius 2 is 2.07 bits per heavy atom. The Kier molecular flexibility index (Phi) is 5.20. The van der Waals surface area contributed by atoms with Crippen molar-refractivity contribution in [2.75, 3.05) is 6.61 Å². The van der Waals surface area contributed by atoms with E-state index in [2.05, 4.69) is 16.3 Å². The summed E-state index contributed by atoms with van der Waals surface area (Å²) >= 11 is 12.2. The Balaban J connectivity index is 1.93. The summed E-state index contributed by atoms with van der Waals surface area (Å²) in [5.74, 6) is -0.0719. The van der Waals surface area contributed by atoms with Gasteiger partial charge in [-0.3, -0.25) is 5.10 Å². The van der Waals surface area contributed by atoms with Crippen molar-refractivity contribution in [3.63, 3.8) is 0 Å². The Morgan fingerprint density at radius 3 is 2.77 bits per heavy atom. The number of phenolic OH excluding ortho intramolecular Hbond substituents is 1. The maximum atomic E-state index is 10.1. The molecule has 0 aliphatic carbocycles. The monoisotopic (exact) mass is 442 g/mol. The largest absolute Gasteiger partial charge is 0.504 e. The van der Waals surface area contributed by atoms with Gasteiger partial charge in [0.15, 0.2) is 11.5 Å². The highest BCUT2D eigenvalue weighted by molar-refractivity contribution is 6.42. The summed E-state index contributed by atoms with van der Waals surface area (Å²) in [5, 5.41) is 27.9. The molecule has 9 heteroatoms. The molecule has 2 aromatic carbocycles. The van der Waals surface area contributed by atoms with Crippen molar-refractivity contribution in [2.45, 2.75) is 12.8 Å². The smallest absolute Gasteiger partial charge is 0.244 e. The zero-order valence-electron chi connectivity index (χ0n) is 15.7. The summed E-state index contributed by atoms with van der Waals surface area (Å²) in [6.45, 7) is 2.19. The van der Waals surface area contributed by atoms with Gasteiger partial charge in [-0.15, -0.1) is 5.10 Å². The number of hydrogen-bond acceptors (Lipinski definition) is 6. The average Bonchev–Trinajstić information content (AvgIpc) is 3.14. The number of fused-ring (bicyclic) bond motifs is 1. The molecule has 1 aliphatic rings. The number of aromatic amines is 1. The molecule has 0 unspecified atom stereocenters. The van der Waals surface area contributed by atoms with Crippen LogP contribution in [0.3, 0.4) is 0 Å². The van der Waals surface area contributed by atoms with Crippen molar-refractivity contribution in [1.29, 1.82) is 5.26 Å². The van der Waals surface area contributed by atoms with Gasteiger partial charge >= 0.3 is 0 Å². The van der Waals surface area contributed by atoms with E-state index in [1.807, 2.05) is 6.92 Å². The summed E-state index contributed by atoms with van der Waals surface area (Å²) in [4.78, 5) is 0. The molecule has 30 heavy (non-hydrogen) atoms. The van der Waals surface area contributed by atoms with E-state index < -0.39 is 5.92 Å². The van der Waals surface area contributed by atoms with E-state index in [4.69, 9.17) is 38.4 Å². The van der Waals surface area contributed by atoms with Gasteiger partial charge in [0.2, 0.25) is 11.8 Å². The van der Waals surface area contributed by atoms with Gasteiger partial charge in [0.1, 0.15) is 11.6 Å². The molecule has 1 atom stereocenters. The molecule has 0 saturated carbocycles. The number of hydrogen-bond donors (Lipinski definition) is 3. The van der Waals surface area contributed by atoms with Gasteiger partial charge in [0.25, 0.3) is 0 Å². The molecule has 0 bridgehead atoms. The van der Waals surface area contributed by atoms with Crippen LogP contribution in [0, 0.1) is 11.3 Å². The zero-order chi connectivity index (χ0) is 21.4. The van der Waals surface area contributed by atoms with E-state index in [0.29, 0.717) is 44.8 Å². The fraction of sp³-hybridized carbons (Fsp3) is 0.143. The number of benzene rings is 2. The van der Waals surface area contributed by atoms with E-state index in [9.17, 15) is 10.4 Å². The van der Waals surface area contributed by atoms with E-state index in [1.54, 1.807) is 30.3 Å². The van der Waals surface area contributed by atoms with Crippen molar-refractivity contribution < 1.29 is 14.6 Å². The van der Waals surface area contributed by atoms with Crippen LogP contribution in [0.2, 0.25) is 10.0 Å². The van der Waals surface area contributed by atoms with Gasteiger partial charge in [-0.25, -0.2) is 0 Å². The van der Waals surface area contributed by atoms with Crippen molar-refractivity contribution in [3.05, 3.63) is 69.0 Å². The second kappa shape index (κ2) is 7.82. The lowest BCUT2D eigenvalue weighted by atomic mass is 9.83. The van der Waals surface area contributed by atoms with Crippen LogP contribution >= 0.6 is 23.2 Å². The Bertz CT molecular complexity index is 1210. The Hall–Kier alpha value is -3.34. The first-order valence-electron chi connectivity index (χ1n) is 9.01. The summed E-state index contributed by atoms with van der Waals surface area (Å²) in [6, 6.07) is 12.2. The number of H-pyrrole nitrogens is 1. The Morgan fingerprint density at radius 1 is 1.27 bits per heavy atom. The van der Waals surface area contributed by atoms with Crippen LogP contribution in [0.1, 0.15) is 24.0 Å². The fourth-order valence-corrected chi connectivity index (χ4v) is 3.73. The van der Waals surface area contributed by atoms with Crippen LogP contribution in [0.25, 0.3) is 11.3 Å². The Labute approximate surface area is 182 Å². The first kappa shape index (κ1) is 20.0. The molecule has 0 saturated heterocycles. The third-order valence-corrected chi connectivity index (χ3v) is 5.50. The quantitative estimate of drug-likeness (QED) is 0.538. The highest BCUT2D eigenvalue weighted by atomic mass is 35.5. The van der Waals surface area contributed by atoms with Crippen LogP contribution in [0.4, 0.5) is 0 Å². The summed E-state index contributed by atoms with van der Waals surface area (Å²) in [5.41, 5.74) is 8.86. The SMILES string of the molecule is CCOc1cc([C@@H]2C(C#N)=C(N)Oc3n[nH]c(-c4ccc(Cl)c(Cl)c4)c32)ccc1O. The molecule has 4 rings (SSSR count). The highest BCUT2D eigenvalue weighted by Crippen LogP contribution is 2.47. The number of aromatic nitrogens is 2. The first-order valence-corrected chi connectivity index (χ1v) is 9.77. The minimum absolute atomic E-state index is 0.000224. The second-order valence-corrected chi connectivity index (χ2v) is 7.35. The fourth-order valence-electron chi connectivity index (χ4n) is 3.43. The van der Waals surface area contributed by atoms with Crippen molar-refractivity contribution in [2.24, 2.45) is 5.73 Å². The van der Waals surface area contributed by atoms with E-state index in [0.717, 1.165) is 0 Å². The zero-order valence-corrected chi connectivity index (χ0v) is 17.3. The molecule has 1 aliphatic heterocycles. The van der Waals surface area contributed by atoms with Crippen molar-refractivity contribution in [3.8, 4) is 34.7 Å². The number of nitriles is 1. The molecule has 4 N–H and O–H groups in total. The van der Waals surface area contributed by atoms with Crippen LogP contribution in [-0.4, -0.2) is 21.9 Å². The number of rotatable bonds is 4. The van der Waals surface area contributed by atoms with Gasteiger partial charge in [0, 0.05) is 5.56 Å². The highest BCUT2D eigenvalue weighted by Gasteiger charge is 2.36. The number of nitrogens with zero attached hydrogens (tertiary/aromatic N) is 2. The number of allylic oxidation sites excluding steroid dienone is 1. The van der Waals surface area contributed by atoms with E-state index in [-0.39, 0.29) is 23.1 Å². The van der Waals surface area contributed by atoms with E-state index >= 15 is 0 Å². The van der Waals surface area contributed by atoms with Crippen LogP contribution in [0.5, 0.6) is 17.4 Å². The van der Waals surface area contributed by atoms with Crippen LogP contribution in [0.15, 0.2) is 47.9 Å². The molecule has 0 fully saturated rings. The van der Waals surface area contributed by atoms with Gasteiger partial charge in [-0.1, -0.05) is 35.3 Å². The maximum Gasteiger partial charge on any atom is 0.244 e. The number of aromatic hydroxyl groups is 1. The van der Waals surface area contributed by atoms with Crippen molar-refractivity contribution in [1.82, 2.24) is 10.2 Å². The predicted octanol–water partition coefficient (Wildman–Crippen LogP) is 4.71. The standard InChI is InChI=1S/C21H16Cl2N4O3/c1-2-29-16-8-10(4-6-15(16)28)17-12(9-24)20(25)30-21-18(17)19(26-27-21)11-3-5-13(22)14(23)7-11/h3-8,17,28H,2,25H2,1H3,(H,26,27)/t17-/m1/s1. The third-order valence-electron chi connectivity index (χ3n) is 4.76. The number of phenols is 1. The van der Waals surface area contributed by atoms with Gasteiger partial charge < -0.3 is 20.3 Å². The number of ether oxygens (including phenoxy) is 2. The average molecular weight is 443 g/mol. The molecular weight excluding hydrogens is 427 g/mol. The summed E-state index contributed by atoms with van der Waals surface area (Å²) in [7, 11) is 0. The minimum atomic E-state index is -0.596. The molecule has 1 aromatic heterocycles. The lowest BCUT2D eigenvalue weighted by Crippen LogP contribution is -2.21. The molecule has 3 aromatic rings. The van der Waals surface area contributed by atoms with Gasteiger partial charge in [-0.2, -0.15) is 5.26 Å².